The highest BCUT2D eigenvalue weighted by molar-refractivity contribution is 14.0. The minimum absolute atomic E-state index is 0. The smallest absolute Gasteiger partial charge is 0.191 e. The summed E-state index contributed by atoms with van der Waals surface area (Å²) in [5.74, 6) is 0.724. The minimum Gasteiger partial charge on any atom is -0.382 e. The van der Waals surface area contributed by atoms with E-state index < -0.39 is 9.84 Å². The van der Waals surface area contributed by atoms with Crippen LogP contribution in [0.4, 0.5) is 10.2 Å². The fraction of sp³-hybridized carbons (Fsp3) is 0.450. The van der Waals surface area contributed by atoms with Crippen LogP contribution < -0.4 is 16.4 Å². The van der Waals surface area contributed by atoms with E-state index in [0.717, 1.165) is 0 Å². The van der Waals surface area contributed by atoms with E-state index in [-0.39, 0.29) is 53.2 Å². The number of halogens is 2. The monoisotopic (exact) mass is 575 g/mol. The zero-order chi connectivity index (χ0) is 22.4. The Labute approximate surface area is 204 Å². The molecule has 0 bridgehead atoms. The molecule has 0 aliphatic carbocycles. The summed E-state index contributed by atoms with van der Waals surface area (Å²) in [6.07, 6.45) is 1.68. The Kier molecular flexibility index (Phi) is 9.26. The molecule has 1 atom stereocenters. The van der Waals surface area contributed by atoms with Crippen LogP contribution in [0.5, 0.6) is 0 Å². The minimum atomic E-state index is -2.97. The van der Waals surface area contributed by atoms with Crippen molar-refractivity contribution in [3.63, 3.8) is 0 Å². The van der Waals surface area contributed by atoms with Crippen LogP contribution in [0.15, 0.2) is 29.3 Å². The van der Waals surface area contributed by atoms with Gasteiger partial charge in [-0.15, -0.1) is 24.0 Å². The van der Waals surface area contributed by atoms with Crippen LogP contribution in [0.3, 0.4) is 0 Å². The maximum absolute atomic E-state index is 13.2. The topological polar surface area (TPSA) is 138 Å². The molecule has 0 spiro atoms. The van der Waals surface area contributed by atoms with Crippen LogP contribution >= 0.6 is 24.0 Å². The molecular weight excluding hydrogens is 548 g/mol. The van der Waals surface area contributed by atoms with Gasteiger partial charge in [-0.05, 0) is 50.5 Å². The maximum Gasteiger partial charge on any atom is 0.191 e. The van der Waals surface area contributed by atoms with Crippen molar-refractivity contribution >= 4 is 45.6 Å². The van der Waals surface area contributed by atoms with Gasteiger partial charge in [-0.3, -0.25) is 4.99 Å². The fourth-order valence-electron chi connectivity index (χ4n) is 3.41. The number of nitrogen functional groups attached to an aromatic ring is 1. The molecule has 1 aromatic carbocycles. The number of benzene rings is 1. The molecule has 9 nitrogen and oxygen atoms in total. The summed E-state index contributed by atoms with van der Waals surface area (Å²) in [6, 6.07) is 7.66. The van der Waals surface area contributed by atoms with Crippen molar-refractivity contribution in [2.24, 2.45) is 4.99 Å². The van der Waals surface area contributed by atoms with E-state index in [9.17, 15) is 18.1 Å². The van der Waals surface area contributed by atoms with E-state index >= 15 is 0 Å². The van der Waals surface area contributed by atoms with Crippen LogP contribution in [-0.2, 0) is 16.3 Å². The fourth-order valence-corrected chi connectivity index (χ4v) is 5.09. The van der Waals surface area contributed by atoms with Crippen molar-refractivity contribution in [3.05, 3.63) is 41.3 Å². The molecule has 4 N–H and O–H groups in total. The molecule has 0 saturated carbocycles. The third kappa shape index (κ3) is 6.55. The summed E-state index contributed by atoms with van der Waals surface area (Å²) in [7, 11) is -2.97. The number of hydrogen-bond acceptors (Lipinski definition) is 6. The lowest BCUT2D eigenvalue weighted by molar-refractivity contribution is 0.599. The van der Waals surface area contributed by atoms with Crippen LogP contribution in [0.25, 0.3) is 5.69 Å². The van der Waals surface area contributed by atoms with E-state index in [0.29, 0.717) is 55.3 Å². The summed E-state index contributed by atoms with van der Waals surface area (Å²) in [5.41, 5.74) is 7.51. The first-order valence-corrected chi connectivity index (χ1v) is 11.9. The van der Waals surface area contributed by atoms with E-state index in [2.05, 4.69) is 26.8 Å². The molecule has 174 valence electrons. The first-order valence-electron chi connectivity index (χ1n) is 10.1. The van der Waals surface area contributed by atoms with E-state index in [1.54, 1.807) is 12.1 Å². The normalized spacial score (nSPS) is 17.4. The van der Waals surface area contributed by atoms with Gasteiger partial charge in [0.05, 0.1) is 22.9 Å². The standard InChI is InChI=1S/C20H26FN7O2S.HI/c1-2-24-20(26-15-9-11-31(29,30)13-15)25-10-3-4-18-17(12-22)19(23)28(27-18)16-7-5-14(21)6-8-16;/h5-8,15H,2-4,9-11,13,23H2,1H3,(H2,24,25,26);1H. The lowest BCUT2D eigenvalue weighted by Gasteiger charge is -2.15. The van der Waals surface area contributed by atoms with Gasteiger partial charge >= 0.3 is 0 Å². The van der Waals surface area contributed by atoms with Crippen molar-refractivity contribution in [1.82, 2.24) is 20.4 Å². The van der Waals surface area contributed by atoms with Gasteiger partial charge in [0, 0.05) is 19.1 Å². The van der Waals surface area contributed by atoms with Gasteiger partial charge in [0.25, 0.3) is 0 Å². The first kappa shape index (κ1) is 25.9. The number of aromatic nitrogens is 2. The molecule has 1 aromatic heterocycles. The van der Waals surface area contributed by atoms with Gasteiger partial charge in [-0.2, -0.15) is 10.4 Å². The number of anilines is 1. The average molecular weight is 575 g/mol. The first-order chi connectivity index (χ1) is 14.8. The molecular formula is C20H27FIN7O2S. The van der Waals surface area contributed by atoms with Crippen LogP contribution in [-0.4, -0.2) is 54.8 Å². The zero-order valence-corrected chi connectivity index (χ0v) is 20.9. The SMILES string of the molecule is CCNC(=NCCCc1nn(-c2ccc(F)cc2)c(N)c1C#N)NC1CCS(=O)(=O)C1.I. The molecule has 1 aliphatic heterocycles. The van der Waals surface area contributed by atoms with Gasteiger partial charge in [0.1, 0.15) is 23.3 Å². The molecule has 1 fully saturated rings. The quantitative estimate of drug-likeness (QED) is 0.198. The number of guanidine groups is 1. The van der Waals surface area contributed by atoms with Crippen LogP contribution in [0, 0.1) is 17.1 Å². The number of hydrogen-bond donors (Lipinski definition) is 3. The van der Waals surface area contributed by atoms with Crippen LogP contribution in [0.1, 0.15) is 31.0 Å². The Morgan fingerprint density at radius 2 is 2.12 bits per heavy atom. The van der Waals surface area contributed by atoms with Gasteiger partial charge in [-0.25, -0.2) is 17.5 Å². The van der Waals surface area contributed by atoms with Crippen LogP contribution in [0.2, 0.25) is 0 Å². The summed E-state index contributed by atoms with van der Waals surface area (Å²) < 4.78 is 37.9. The highest BCUT2D eigenvalue weighted by Gasteiger charge is 2.28. The second kappa shape index (κ2) is 11.5. The molecule has 1 aliphatic rings. The predicted molar refractivity (Wildman–Crippen MR) is 133 cm³/mol. The summed E-state index contributed by atoms with van der Waals surface area (Å²) in [5, 5.41) is 20.2. The Morgan fingerprint density at radius 1 is 1.41 bits per heavy atom. The Morgan fingerprint density at radius 3 is 2.72 bits per heavy atom. The lowest BCUT2D eigenvalue weighted by atomic mass is 10.1. The van der Waals surface area contributed by atoms with Gasteiger partial charge < -0.3 is 16.4 Å². The summed E-state index contributed by atoms with van der Waals surface area (Å²) >= 11 is 0. The van der Waals surface area contributed by atoms with Crippen molar-refractivity contribution in [3.8, 4) is 11.8 Å². The van der Waals surface area contributed by atoms with Crippen molar-refractivity contribution in [2.45, 2.75) is 32.2 Å². The van der Waals surface area contributed by atoms with Crippen molar-refractivity contribution < 1.29 is 12.8 Å². The number of sulfone groups is 1. The number of nitrogens with zero attached hydrogens (tertiary/aromatic N) is 4. The second-order valence-corrected chi connectivity index (χ2v) is 9.54. The van der Waals surface area contributed by atoms with Crippen molar-refractivity contribution in [1.29, 1.82) is 5.26 Å². The third-order valence-corrected chi connectivity index (χ3v) is 6.70. The van der Waals surface area contributed by atoms with Gasteiger partial charge in [-0.1, -0.05) is 0 Å². The third-order valence-electron chi connectivity index (χ3n) is 4.94. The largest absolute Gasteiger partial charge is 0.382 e. The molecule has 2 heterocycles. The number of aliphatic imine (C=N–C) groups is 1. The van der Waals surface area contributed by atoms with E-state index in [4.69, 9.17) is 5.73 Å². The number of nitrogens with one attached hydrogen (secondary N) is 2. The highest BCUT2D eigenvalue weighted by atomic mass is 127. The van der Waals surface area contributed by atoms with E-state index in [1.165, 1.54) is 16.8 Å². The summed E-state index contributed by atoms with van der Waals surface area (Å²) in [4.78, 5) is 4.50. The molecule has 1 saturated heterocycles. The Balaban J connectivity index is 0.00000363. The molecule has 1 unspecified atom stereocenters. The molecule has 12 heteroatoms. The highest BCUT2D eigenvalue weighted by Crippen LogP contribution is 2.21. The number of nitriles is 1. The number of aryl methyl sites for hydroxylation is 1. The second-order valence-electron chi connectivity index (χ2n) is 7.32. The zero-order valence-electron chi connectivity index (χ0n) is 17.7. The summed E-state index contributed by atoms with van der Waals surface area (Å²) in [6.45, 7) is 3.05. The molecule has 0 radical (unpaired) electrons. The average Bonchev–Trinajstić information content (AvgIpc) is 3.24. The maximum atomic E-state index is 13.2. The van der Waals surface area contributed by atoms with Gasteiger partial charge in [0.2, 0.25) is 0 Å². The molecule has 32 heavy (non-hydrogen) atoms. The molecule has 2 aromatic rings. The lowest BCUT2D eigenvalue weighted by Crippen LogP contribution is -2.44. The van der Waals surface area contributed by atoms with Crippen molar-refractivity contribution in [2.75, 3.05) is 30.3 Å². The Hall–Kier alpha value is -2.40. The predicted octanol–water partition coefficient (Wildman–Crippen LogP) is 1.76. The molecule has 3 rings (SSSR count). The molecule has 0 amide bonds. The van der Waals surface area contributed by atoms with E-state index in [1.807, 2.05) is 6.92 Å². The number of rotatable bonds is 7. The number of nitrogens with two attached hydrogens (primary N) is 1. The Bertz CT molecular complexity index is 1090. The van der Waals surface area contributed by atoms with Gasteiger partial charge in [0.15, 0.2) is 15.8 Å².